The standard InChI is InChI=1S/C20H25NO3/c22-18(11-14-9-16(10-14)15-5-2-1-3-6-15)21-12-17-7-4-8-20(17,13-21)19(23)24/h1-3,5-6,14,16-17H,4,7-13H2,(H,23,24)/t14?,16?,17-,20+/m0/s1. The highest BCUT2D eigenvalue weighted by Crippen LogP contribution is 2.49. The van der Waals surface area contributed by atoms with E-state index in [9.17, 15) is 14.7 Å². The monoisotopic (exact) mass is 327 g/mol. The van der Waals surface area contributed by atoms with Crippen molar-refractivity contribution in [3.05, 3.63) is 35.9 Å². The maximum Gasteiger partial charge on any atom is 0.311 e. The molecule has 1 N–H and O–H groups in total. The van der Waals surface area contributed by atoms with Gasteiger partial charge in [-0.15, -0.1) is 0 Å². The average molecular weight is 327 g/mol. The fourth-order valence-corrected chi connectivity index (χ4v) is 5.10. The van der Waals surface area contributed by atoms with Crippen molar-refractivity contribution < 1.29 is 14.7 Å². The number of carbonyl (C=O) groups is 2. The maximum absolute atomic E-state index is 12.6. The molecule has 0 unspecified atom stereocenters. The minimum Gasteiger partial charge on any atom is -0.481 e. The number of carbonyl (C=O) groups excluding carboxylic acids is 1. The van der Waals surface area contributed by atoms with Gasteiger partial charge in [0.25, 0.3) is 0 Å². The lowest BCUT2D eigenvalue weighted by molar-refractivity contribution is -0.149. The molecule has 1 aliphatic heterocycles. The van der Waals surface area contributed by atoms with Gasteiger partial charge in [0.1, 0.15) is 0 Å². The summed E-state index contributed by atoms with van der Waals surface area (Å²) in [7, 11) is 0. The minimum atomic E-state index is -0.701. The second kappa shape index (κ2) is 5.91. The van der Waals surface area contributed by atoms with Gasteiger partial charge in [-0.1, -0.05) is 36.8 Å². The lowest BCUT2D eigenvalue weighted by Gasteiger charge is -2.36. The first-order valence-electron chi connectivity index (χ1n) is 9.14. The number of aliphatic carboxylic acids is 1. The van der Waals surface area contributed by atoms with Gasteiger partial charge in [-0.3, -0.25) is 9.59 Å². The Morgan fingerprint density at radius 2 is 1.96 bits per heavy atom. The van der Waals surface area contributed by atoms with E-state index >= 15 is 0 Å². The molecule has 2 saturated carbocycles. The van der Waals surface area contributed by atoms with Gasteiger partial charge in [0.2, 0.25) is 5.91 Å². The Labute approximate surface area is 142 Å². The van der Waals surface area contributed by atoms with Gasteiger partial charge in [-0.05, 0) is 49.0 Å². The molecule has 128 valence electrons. The molecule has 1 heterocycles. The SMILES string of the molecule is O=C(CC1CC(c2ccccc2)C1)N1C[C@@H]2CCC[C@@]2(C(=O)O)C1. The maximum atomic E-state index is 12.6. The smallest absolute Gasteiger partial charge is 0.311 e. The highest BCUT2D eigenvalue weighted by atomic mass is 16.4. The van der Waals surface area contributed by atoms with E-state index in [2.05, 4.69) is 24.3 Å². The minimum absolute atomic E-state index is 0.164. The number of likely N-dealkylation sites (tertiary alicyclic amines) is 1. The zero-order valence-corrected chi connectivity index (χ0v) is 14.0. The summed E-state index contributed by atoms with van der Waals surface area (Å²) in [6.45, 7) is 1.08. The highest BCUT2D eigenvalue weighted by molar-refractivity contribution is 5.81. The van der Waals surface area contributed by atoms with Crippen molar-refractivity contribution in [2.24, 2.45) is 17.3 Å². The van der Waals surface area contributed by atoms with Gasteiger partial charge in [0.05, 0.1) is 5.41 Å². The number of hydrogen-bond acceptors (Lipinski definition) is 2. The van der Waals surface area contributed by atoms with Gasteiger partial charge < -0.3 is 10.0 Å². The van der Waals surface area contributed by atoms with Crippen LogP contribution in [0.2, 0.25) is 0 Å². The van der Waals surface area contributed by atoms with E-state index in [0.717, 1.165) is 32.1 Å². The highest BCUT2D eigenvalue weighted by Gasteiger charge is 2.55. The fourth-order valence-electron chi connectivity index (χ4n) is 5.10. The van der Waals surface area contributed by atoms with E-state index in [0.29, 0.717) is 31.3 Å². The first kappa shape index (κ1) is 15.7. The van der Waals surface area contributed by atoms with Crippen LogP contribution in [0.1, 0.15) is 50.0 Å². The number of carboxylic acid groups (broad SMARTS) is 1. The molecule has 4 nitrogen and oxygen atoms in total. The van der Waals surface area contributed by atoms with Gasteiger partial charge >= 0.3 is 5.97 Å². The number of amides is 1. The normalized spacial score (nSPS) is 34.7. The molecule has 1 saturated heterocycles. The summed E-state index contributed by atoms with van der Waals surface area (Å²) < 4.78 is 0. The molecular formula is C20H25NO3. The molecule has 1 amide bonds. The topological polar surface area (TPSA) is 57.6 Å². The summed E-state index contributed by atoms with van der Waals surface area (Å²) in [5.74, 6) is 0.684. The molecule has 3 aliphatic rings. The first-order chi connectivity index (χ1) is 11.6. The molecule has 0 spiro atoms. The lowest BCUT2D eigenvalue weighted by atomic mass is 9.70. The van der Waals surface area contributed by atoms with E-state index < -0.39 is 11.4 Å². The third kappa shape index (κ3) is 2.52. The predicted octanol–water partition coefficient (Wildman–Crippen LogP) is 3.28. The average Bonchev–Trinajstić information content (AvgIpc) is 3.09. The third-order valence-corrected chi connectivity index (χ3v) is 6.62. The zero-order valence-electron chi connectivity index (χ0n) is 14.0. The summed E-state index contributed by atoms with van der Waals surface area (Å²) in [6, 6.07) is 10.5. The van der Waals surface area contributed by atoms with Crippen LogP contribution < -0.4 is 0 Å². The Morgan fingerprint density at radius 3 is 2.62 bits per heavy atom. The number of benzene rings is 1. The van der Waals surface area contributed by atoms with E-state index in [1.54, 1.807) is 0 Å². The molecule has 2 aliphatic carbocycles. The summed E-state index contributed by atoms with van der Waals surface area (Å²) in [5, 5.41) is 9.64. The molecule has 0 bridgehead atoms. The summed E-state index contributed by atoms with van der Waals surface area (Å²) >= 11 is 0. The molecule has 0 radical (unpaired) electrons. The van der Waals surface area contributed by atoms with Crippen molar-refractivity contribution in [2.75, 3.05) is 13.1 Å². The Morgan fingerprint density at radius 1 is 1.21 bits per heavy atom. The molecule has 2 atom stereocenters. The lowest BCUT2D eigenvalue weighted by Crippen LogP contribution is -2.38. The van der Waals surface area contributed by atoms with Crippen molar-refractivity contribution in [1.82, 2.24) is 4.90 Å². The molecule has 1 aromatic rings. The van der Waals surface area contributed by atoms with Crippen LogP contribution in [0.5, 0.6) is 0 Å². The fraction of sp³-hybridized carbons (Fsp3) is 0.600. The molecular weight excluding hydrogens is 302 g/mol. The Kier molecular flexibility index (Phi) is 3.86. The van der Waals surface area contributed by atoms with Gasteiger partial charge in [-0.2, -0.15) is 0 Å². The van der Waals surface area contributed by atoms with Gasteiger partial charge in [0.15, 0.2) is 0 Å². The van der Waals surface area contributed by atoms with Crippen LogP contribution in [0.15, 0.2) is 30.3 Å². The molecule has 24 heavy (non-hydrogen) atoms. The predicted molar refractivity (Wildman–Crippen MR) is 90.5 cm³/mol. The number of hydrogen-bond donors (Lipinski definition) is 1. The van der Waals surface area contributed by atoms with Crippen LogP contribution in [0.3, 0.4) is 0 Å². The van der Waals surface area contributed by atoms with Crippen molar-refractivity contribution in [3.63, 3.8) is 0 Å². The zero-order chi connectivity index (χ0) is 16.7. The van der Waals surface area contributed by atoms with Crippen LogP contribution >= 0.6 is 0 Å². The molecule has 1 aromatic carbocycles. The van der Waals surface area contributed by atoms with Crippen LogP contribution in [0.25, 0.3) is 0 Å². The Hall–Kier alpha value is -1.84. The number of rotatable bonds is 4. The quantitative estimate of drug-likeness (QED) is 0.923. The van der Waals surface area contributed by atoms with Gasteiger partial charge in [-0.25, -0.2) is 0 Å². The summed E-state index contributed by atoms with van der Waals surface area (Å²) in [5.41, 5.74) is 0.726. The summed E-state index contributed by atoms with van der Waals surface area (Å²) in [6.07, 6.45) is 5.42. The van der Waals surface area contributed by atoms with E-state index in [4.69, 9.17) is 0 Å². The van der Waals surface area contributed by atoms with Crippen LogP contribution in [0.4, 0.5) is 0 Å². The first-order valence-corrected chi connectivity index (χ1v) is 9.14. The van der Waals surface area contributed by atoms with Gasteiger partial charge in [0, 0.05) is 19.5 Å². The van der Waals surface area contributed by atoms with Crippen LogP contribution in [0, 0.1) is 17.3 Å². The Bertz CT molecular complexity index is 638. The number of nitrogens with zero attached hydrogens (tertiary/aromatic N) is 1. The van der Waals surface area contributed by atoms with E-state index in [1.807, 2.05) is 11.0 Å². The van der Waals surface area contributed by atoms with Crippen molar-refractivity contribution in [1.29, 1.82) is 0 Å². The van der Waals surface area contributed by atoms with Crippen LogP contribution in [-0.2, 0) is 9.59 Å². The second-order valence-electron chi connectivity index (χ2n) is 7.97. The molecule has 4 rings (SSSR count). The third-order valence-electron chi connectivity index (χ3n) is 6.62. The van der Waals surface area contributed by atoms with E-state index in [1.165, 1.54) is 5.56 Å². The largest absolute Gasteiger partial charge is 0.481 e. The van der Waals surface area contributed by atoms with Crippen molar-refractivity contribution in [3.8, 4) is 0 Å². The second-order valence-corrected chi connectivity index (χ2v) is 7.97. The number of fused-ring (bicyclic) bond motifs is 1. The van der Waals surface area contributed by atoms with Crippen molar-refractivity contribution in [2.45, 2.75) is 44.4 Å². The van der Waals surface area contributed by atoms with E-state index in [-0.39, 0.29) is 11.8 Å². The van der Waals surface area contributed by atoms with Crippen LogP contribution in [-0.4, -0.2) is 35.0 Å². The molecule has 3 fully saturated rings. The summed E-state index contributed by atoms with van der Waals surface area (Å²) in [4.78, 5) is 26.2. The van der Waals surface area contributed by atoms with Crippen molar-refractivity contribution >= 4 is 11.9 Å². The molecule has 0 aromatic heterocycles. The number of carboxylic acids is 1. The molecule has 4 heteroatoms. The Balaban J connectivity index is 1.32.